The number of ether oxygens (including phenoxy) is 1. The SMILES string of the molecule is Cc1cc(C)cc(O[C@@H](C)C(=O)N[C@H](C)c2ccccc2)c1. The van der Waals surface area contributed by atoms with Crippen LogP contribution in [0.5, 0.6) is 5.75 Å². The summed E-state index contributed by atoms with van der Waals surface area (Å²) in [5.41, 5.74) is 3.33. The van der Waals surface area contributed by atoms with E-state index in [1.54, 1.807) is 6.92 Å². The summed E-state index contributed by atoms with van der Waals surface area (Å²) in [4.78, 5) is 12.3. The van der Waals surface area contributed by atoms with Crippen LogP contribution in [0.2, 0.25) is 0 Å². The summed E-state index contributed by atoms with van der Waals surface area (Å²) >= 11 is 0. The zero-order valence-electron chi connectivity index (χ0n) is 13.6. The van der Waals surface area contributed by atoms with E-state index in [1.807, 2.05) is 63.2 Å². The first-order valence-electron chi connectivity index (χ1n) is 7.56. The van der Waals surface area contributed by atoms with Crippen molar-refractivity contribution >= 4 is 5.91 Å². The Bertz CT molecular complexity index is 617. The van der Waals surface area contributed by atoms with Crippen molar-refractivity contribution in [1.82, 2.24) is 5.32 Å². The number of benzene rings is 2. The summed E-state index contributed by atoms with van der Waals surface area (Å²) in [5, 5.41) is 2.98. The Morgan fingerprint density at radius 1 is 1.00 bits per heavy atom. The fraction of sp³-hybridized carbons (Fsp3) is 0.316. The number of rotatable bonds is 5. The number of amides is 1. The van der Waals surface area contributed by atoms with Gasteiger partial charge in [0.15, 0.2) is 6.10 Å². The standard InChI is InChI=1S/C19H23NO2/c1-13-10-14(2)12-18(11-13)22-16(4)19(21)20-15(3)17-8-6-5-7-9-17/h5-12,15-16H,1-4H3,(H,20,21)/t15-,16+/m1/s1. The molecule has 2 aromatic rings. The molecule has 0 aromatic heterocycles. The minimum atomic E-state index is -0.535. The lowest BCUT2D eigenvalue weighted by molar-refractivity contribution is -0.127. The van der Waals surface area contributed by atoms with Crippen LogP contribution in [0, 0.1) is 13.8 Å². The highest BCUT2D eigenvalue weighted by Gasteiger charge is 2.17. The van der Waals surface area contributed by atoms with Crippen LogP contribution in [-0.4, -0.2) is 12.0 Å². The molecule has 0 fully saturated rings. The molecule has 3 heteroatoms. The van der Waals surface area contributed by atoms with E-state index < -0.39 is 6.10 Å². The first-order valence-corrected chi connectivity index (χ1v) is 7.56. The van der Waals surface area contributed by atoms with Gasteiger partial charge in [0.25, 0.3) is 5.91 Å². The lowest BCUT2D eigenvalue weighted by Crippen LogP contribution is -2.37. The molecular weight excluding hydrogens is 274 g/mol. The molecule has 2 aromatic carbocycles. The second-order valence-corrected chi connectivity index (χ2v) is 5.72. The van der Waals surface area contributed by atoms with E-state index in [0.29, 0.717) is 0 Å². The van der Waals surface area contributed by atoms with E-state index >= 15 is 0 Å². The average molecular weight is 297 g/mol. The van der Waals surface area contributed by atoms with Gasteiger partial charge in [-0.1, -0.05) is 36.4 Å². The second kappa shape index (κ2) is 7.12. The molecule has 2 atom stereocenters. The fourth-order valence-electron chi connectivity index (χ4n) is 2.41. The van der Waals surface area contributed by atoms with E-state index in [0.717, 1.165) is 22.4 Å². The molecule has 0 bridgehead atoms. The van der Waals surface area contributed by atoms with E-state index in [-0.39, 0.29) is 11.9 Å². The number of carbonyl (C=O) groups is 1. The van der Waals surface area contributed by atoms with Gasteiger partial charge in [-0.2, -0.15) is 0 Å². The molecule has 22 heavy (non-hydrogen) atoms. The molecule has 2 rings (SSSR count). The molecule has 0 spiro atoms. The molecule has 0 aliphatic rings. The molecule has 116 valence electrons. The molecule has 0 saturated carbocycles. The molecule has 0 saturated heterocycles. The summed E-state index contributed by atoms with van der Waals surface area (Å²) in [7, 11) is 0. The summed E-state index contributed by atoms with van der Waals surface area (Å²) in [6, 6.07) is 15.8. The Morgan fingerprint density at radius 3 is 2.18 bits per heavy atom. The third kappa shape index (κ3) is 4.35. The van der Waals surface area contributed by atoms with Crippen LogP contribution in [0.25, 0.3) is 0 Å². The van der Waals surface area contributed by atoms with Crippen LogP contribution in [0.15, 0.2) is 48.5 Å². The Kier molecular flexibility index (Phi) is 5.21. The molecular formula is C19H23NO2. The predicted octanol–water partition coefficient (Wildman–Crippen LogP) is 3.95. The van der Waals surface area contributed by atoms with E-state index in [2.05, 4.69) is 11.4 Å². The first-order chi connectivity index (χ1) is 10.5. The molecule has 0 unspecified atom stereocenters. The maximum absolute atomic E-state index is 12.3. The Hall–Kier alpha value is -2.29. The molecule has 0 radical (unpaired) electrons. The number of hydrogen-bond acceptors (Lipinski definition) is 2. The van der Waals surface area contributed by atoms with Crippen molar-refractivity contribution in [3.05, 3.63) is 65.2 Å². The van der Waals surface area contributed by atoms with Crippen molar-refractivity contribution < 1.29 is 9.53 Å². The molecule has 0 heterocycles. The van der Waals surface area contributed by atoms with Crippen molar-refractivity contribution in [2.75, 3.05) is 0 Å². The highest BCUT2D eigenvalue weighted by atomic mass is 16.5. The highest BCUT2D eigenvalue weighted by molar-refractivity contribution is 5.81. The third-order valence-corrected chi connectivity index (χ3v) is 3.54. The maximum Gasteiger partial charge on any atom is 0.261 e. The summed E-state index contributed by atoms with van der Waals surface area (Å²) in [6.07, 6.45) is -0.535. The Balaban J connectivity index is 1.97. The van der Waals surface area contributed by atoms with Crippen LogP contribution >= 0.6 is 0 Å². The monoisotopic (exact) mass is 297 g/mol. The van der Waals surface area contributed by atoms with Crippen molar-refractivity contribution in [2.24, 2.45) is 0 Å². The van der Waals surface area contributed by atoms with Crippen LogP contribution in [-0.2, 0) is 4.79 Å². The van der Waals surface area contributed by atoms with E-state index in [9.17, 15) is 4.79 Å². The van der Waals surface area contributed by atoms with Gasteiger partial charge in [-0.05, 0) is 56.5 Å². The Labute approximate surface area is 132 Å². The summed E-state index contributed by atoms with van der Waals surface area (Å²) < 4.78 is 5.76. The number of nitrogens with one attached hydrogen (secondary N) is 1. The van der Waals surface area contributed by atoms with Gasteiger partial charge in [-0.25, -0.2) is 0 Å². The van der Waals surface area contributed by atoms with Gasteiger partial charge in [0, 0.05) is 0 Å². The van der Waals surface area contributed by atoms with Gasteiger partial charge in [0.05, 0.1) is 6.04 Å². The van der Waals surface area contributed by atoms with E-state index in [4.69, 9.17) is 4.74 Å². The zero-order valence-corrected chi connectivity index (χ0v) is 13.6. The van der Waals surface area contributed by atoms with Gasteiger partial charge in [0.1, 0.15) is 5.75 Å². The quantitative estimate of drug-likeness (QED) is 0.907. The van der Waals surface area contributed by atoms with Crippen molar-refractivity contribution in [3.8, 4) is 5.75 Å². The fourth-order valence-corrected chi connectivity index (χ4v) is 2.41. The third-order valence-electron chi connectivity index (χ3n) is 3.54. The second-order valence-electron chi connectivity index (χ2n) is 5.72. The lowest BCUT2D eigenvalue weighted by Gasteiger charge is -2.19. The topological polar surface area (TPSA) is 38.3 Å². The molecule has 0 aliphatic heterocycles. The van der Waals surface area contributed by atoms with Gasteiger partial charge < -0.3 is 10.1 Å². The molecule has 1 N–H and O–H groups in total. The van der Waals surface area contributed by atoms with Crippen molar-refractivity contribution in [1.29, 1.82) is 0 Å². The number of aryl methyl sites for hydroxylation is 2. The van der Waals surface area contributed by atoms with Crippen molar-refractivity contribution in [2.45, 2.75) is 39.8 Å². The van der Waals surface area contributed by atoms with Crippen LogP contribution < -0.4 is 10.1 Å². The average Bonchev–Trinajstić information content (AvgIpc) is 2.46. The maximum atomic E-state index is 12.3. The van der Waals surface area contributed by atoms with Crippen LogP contribution in [0.3, 0.4) is 0 Å². The molecule has 3 nitrogen and oxygen atoms in total. The van der Waals surface area contributed by atoms with Gasteiger partial charge >= 0.3 is 0 Å². The predicted molar refractivity (Wildman–Crippen MR) is 89.0 cm³/mol. The number of hydrogen-bond donors (Lipinski definition) is 1. The summed E-state index contributed by atoms with van der Waals surface area (Å²) in [6.45, 7) is 7.77. The smallest absolute Gasteiger partial charge is 0.261 e. The summed E-state index contributed by atoms with van der Waals surface area (Å²) in [5.74, 6) is 0.614. The Morgan fingerprint density at radius 2 is 1.59 bits per heavy atom. The molecule has 0 aliphatic carbocycles. The zero-order chi connectivity index (χ0) is 16.1. The minimum Gasteiger partial charge on any atom is -0.481 e. The van der Waals surface area contributed by atoms with Crippen LogP contribution in [0.4, 0.5) is 0 Å². The normalized spacial score (nSPS) is 13.3. The minimum absolute atomic E-state index is 0.0426. The highest BCUT2D eigenvalue weighted by Crippen LogP contribution is 2.18. The molecule has 1 amide bonds. The first kappa shape index (κ1) is 16.1. The van der Waals surface area contributed by atoms with Gasteiger partial charge in [-0.3, -0.25) is 4.79 Å². The van der Waals surface area contributed by atoms with Gasteiger partial charge in [-0.15, -0.1) is 0 Å². The van der Waals surface area contributed by atoms with Crippen molar-refractivity contribution in [3.63, 3.8) is 0 Å². The largest absolute Gasteiger partial charge is 0.481 e. The van der Waals surface area contributed by atoms with E-state index in [1.165, 1.54) is 0 Å². The van der Waals surface area contributed by atoms with Gasteiger partial charge in [0.2, 0.25) is 0 Å². The number of carbonyl (C=O) groups excluding carboxylic acids is 1. The lowest BCUT2D eigenvalue weighted by atomic mass is 10.1. The van der Waals surface area contributed by atoms with Crippen LogP contribution in [0.1, 0.15) is 36.6 Å².